The van der Waals surface area contributed by atoms with Gasteiger partial charge in [0.15, 0.2) is 0 Å². The number of anilines is 1. The standard InChI is InChI=1S/C29H35N5O5S/c1-20-15-21(16-28(35)32-22-18-31-34(19-22)29(2,3)4)7-10-26(20)39-27-11-12-30-25-9-8-23(17-24(25)27)40(36,37)33(5)13-14-38-6/h7-12,15,17-19H,13-14,16H2,1-6H3,(H,32,35). The van der Waals surface area contributed by atoms with Gasteiger partial charge in [0, 0.05) is 38.5 Å². The molecular formula is C29H35N5O5S. The van der Waals surface area contributed by atoms with Gasteiger partial charge in [-0.15, -0.1) is 0 Å². The van der Waals surface area contributed by atoms with E-state index in [4.69, 9.17) is 9.47 Å². The molecule has 40 heavy (non-hydrogen) atoms. The van der Waals surface area contributed by atoms with E-state index >= 15 is 0 Å². The fourth-order valence-electron chi connectivity index (χ4n) is 4.07. The van der Waals surface area contributed by atoms with Gasteiger partial charge in [-0.1, -0.05) is 12.1 Å². The van der Waals surface area contributed by atoms with E-state index in [1.165, 1.54) is 24.5 Å². The van der Waals surface area contributed by atoms with Crippen LogP contribution in [-0.2, 0) is 31.5 Å². The molecule has 2 aromatic heterocycles. The molecular weight excluding hydrogens is 530 g/mol. The van der Waals surface area contributed by atoms with Crippen LogP contribution in [0, 0.1) is 6.92 Å². The number of pyridine rings is 1. The van der Waals surface area contributed by atoms with Crippen molar-refractivity contribution in [2.24, 2.45) is 0 Å². The van der Waals surface area contributed by atoms with Crippen LogP contribution >= 0.6 is 0 Å². The second-order valence-electron chi connectivity index (χ2n) is 10.6. The maximum Gasteiger partial charge on any atom is 0.242 e. The highest BCUT2D eigenvalue weighted by Gasteiger charge is 2.22. The number of carbonyl (C=O) groups is 1. The van der Waals surface area contributed by atoms with Crippen LogP contribution in [0.4, 0.5) is 5.69 Å². The number of fused-ring (bicyclic) bond motifs is 1. The van der Waals surface area contributed by atoms with Crippen LogP contribution in [0.5, 0.6) is 11.5 Å². The van der Waals surface area contributed by atoms with Gasteiger partial charge in [-0.25, -0.2) is 8.42 Å². The number of nitrogens with one attached hydrogen (secondary N) is 1. The summed E-state index contributed by atoms with van der Waals surface area (Å²) < 4.78 is 40.4. The Morgan fingerprint density at radius 2 is 1.88 bits per heavy atom. The fraction of sp³-hybridized carbons (Fsp3) is 0.345. The van der Waals surface area contributed by atoms with E-state index < -0.39 is 10.0 Å². The third-order valence-corrected chi connectivity index (χ3v) is 8.22. The molecule has 0 atom stereocenters. The first-order chi connectivity index (χ1) is 18.9. The van der Waals surface area contributed by atoms with Crippen molar-refractivity contribution in [3.8, 4) is 11.5 Å². The van der Waals surface area contributed by atoms with Gasteiger partial charge in [0.1, 0.15) is 11.5 Å². The molecule has 212 valence electrons. The lowest BCUT2D eigenvalue weighted by molar-refractivity contribution is -0.115. The van der Waals surface area contributed by atoms with Crippen LogP contribution in [-0.4, -0.2) is 60.7 Å². The number of rotatable bonds is 10. The lowest BCUT2D eigenvalue weighted by Gasteiger charge is -2.18. The van der Waals surface area contributed by atoms with Crippen LogP contribution in [0.25, 0.3) is 10.9 Å². The molecule has 0 saturated heterocycles. The number of aromatic nitrogens is 3. The largest absolute Gasteiger partial charge is 0.456 e. The summed E-state index contributed by atoms with van der Waals surface area (Å²) in [7, 11) is -0.676. The molecule has 4 rings (SSSR count). The van der Waals surface area contributed by atoms with Crippen molar-refractivity contribution in [1.29, 1.82) is 0 Å². The number of hydrogen-bond acceptors (Lipinski definition) is 7. The van der Waals surface area contributed by atoms with Crippen LogP contribution in [0.1, 0.15) is 31.9 Å². The zero-order chi connectivity index (χ0) is 29.1. The number of likely N-dealkylation sites (N-methyl/N-ethyl adjacent to an activating group) is 1. The Bertz CT molecular complexity index is 1630. The topological polar surface area (TPSA) is 116 Å². The summed E-state index contributed by atoms with van der Waals surface area (Å²) in [5.74, 6) is 0.922. The summed E-state index contributed by atoms with van der Waals surface area (Å²) in [6, 6.07) is 12.0. The fourth-order valence-corrected chi connectivity index (χ4v) is 5.25. The van der Waals surface area contributed by atoms with E-state index in [1.807, 2.05) is 46.0 Å². The average molecular weight is 566 g/mol. The molecule has 1 amide bonds. The molecule has 0 radical (unpaired) electrons. The molecule has 1 N–H and O–H groups in total. The molecule has 0 aliphatic rings. The highest BCUT2D eigenvalue weighted by atomic mass is 32.2. The first kappa shape index (κ1) is 29.2. The number of aryl methyl sites for hydroxylation is 1. The van der Waals surface area contributed by atoms with Crippen molar-refractivity contribution >= 4 is 32.5 Å². The van der Waals surface area contributed by atoms with E-state index in [-0.39, 0.29) is 35.9 Å². The van der Waals surface area contributed by atoms with E-state index in [0.29, 0.717) is 28.1 Å². The van der Waals surface area contributed by atoms with Crippen LogP contribution in [0.3, 0.4) is 0 Å². The molecule has 11 heteroatoms. The summed E-state index contributed by atoms with van der Waals surface area (Å²) in [4.78, 5) is 17.1. The SMILES string of the molecule is COCCN(C)S(=O)(=O)c1ccc2nccc(Oc3ccc(CC(=O)Nc4cnn(C(C)(C)C)c4)cc3C)c2c1. The zero-order valence-corrected chi connectivity index (χ0v) is 24.4. The second-order valence-corrected chi connectivity index (χ2v) is 12.6. The Balaban J connectivity index is 1.51. The number of carbonyl (C=O) groups excluding carboxylic acids is 1. The van der Waals surface area contributed by atoms with Crippen molar-refractivity contribution in [2.45, 2.75) is 44.6 Å². The van der Waals surface area contributed by atoms with Crippen molar-refractivity contribution in [1.82, 2.24) is 19.1 Å². The Hall–Kier alpha value is -3.80. The van der Waals surface area contributed by atoms with Gasteiger partial charge in [0.25, 0.3) is 0 Å². The van der Waals surface area contributed by atoms with Crippen molar-refractivity contribution in [2.75, 3.05) is 32.6 Å². The molecule has 0 fully saturated rings. The first-order valence-electron chi connectivity index (χ1n) is 12.8. The third-order valence-electron chi connectivity index (χ3n) is 6.37. The molecule has 2 heterocycles. The maximum atomic E-state index is 13.1. The minimum Gasteiger partial charge on any atom is -0.456 e. The normalized spacial score (nSPS) is 12.2. The van der Waals surface area contributed by atoms with E-state index in [1.54, 1.807) is 41.3 Å². The summed E-state index contributed by atoms with van der Waals surface area (Å²) in [5.41, 5.74) is 2.74. The highest BCUT2D eigenvalue weighted by Crippen LogP contribution is 2.33. The zero-order valence-electron chi connectivity index (χ0n) is 23.6. The van der Waals surface area contributed by atoms with Gasteiger partial charge >= 0.3 is 0 Å². The highest BCUT2D eigenvalue weighted by molar-refractivity contribution is 7.89. The van der Waals surface area contributed by atoms with E-state index in [2.05, 4.69) is 15.4 Å². The molecule has 0 spiro atoms. The Morgan fingerprint density at radius 1 is 1.10 bits per heavy atom. The van der Waals surface area contributed by atoms with Gasteiger partial charge in [0.2, 0.25) is 15.9 Å². The Morgan fingerprint density at radius 3 is 2.55 bits per heavy atom. The van der Waals surface area contributed by atoms with Crippen LogP contribution in [0.15, 0.2) is 66.0 Å². The van der Waals surface area contributed by atoms with Crippen LogP contribution in [0.2, 0.25) is 0 Å². The van der Waals surface area contributed by atoms with E-state index in [0.717, 1.165) is 11.1 Å². The van der Waals surface area contributed by atoms with Crippen molar-refractivity contribution in [3.63, 3.8) is 0 Å². The molecule has 0 unspecified atom stereocenters. The summed E-state index contributed by atoms with van der Waals surface area (Å²) in [5, 5.41) is 7.78. The van der Waals surface area contributed by atoms with Gasteiger partial charge in [-0.3, -0.25) is 14.5 Å². The number of amides is 1. The smallest absolute Gasteiger partial charge is 0.242 e. The minimum atomic E-state index is -3.72. The predicted octanol–water partition coefficient (Wildman–Crippen LogP) is 4.74. The molecule has 4 aromatic rings. The molecule has 2 aromatic carbocycles. The number of hydrogen-bond donors (Lipinski definition) is 1. The minimum absolute atomic E-state index is 0.141. The predicted molar refractivity (Wildman–Crippen MR) is 154 cm³/mol. The number of sulfonamides is 1. The van der Waals surface area contributed by atoms with Crippen molar-refractivity contribution in [3.05, 3.63) is 72.2 Å². The molecule has 0 saturated carbocycles. The summed E-state index contributed by atoms with van der Waals surface area (Å²) >= 11 is 0. The van der Waals surface area contributed by atoms with Gasteiger partial charge < -0.3 is 14.8 Å². The summed E-state index contributed by atoms with van der Waals surface area (Å²) in [6.45, 7) is 8.54. The summed E-state index contributed by atoms with van der Waals surface area (Å²) in [6.07, 6.45) is 5.26. The molecule has 0 aliphatic carbocycles. The van der Waals surface area contributed by atoms with Crippen molar-refractivity contribution < 1.29 is 22.7 Å². The van der Waals surface area contributed by atoms with Gasteiger partial charge in [0.05, 0.1) is 40.9 Å². The molecule has 0 bridgehead atoms. The average Bonchev–Trinajstić information content (AvgIpc) is 3.37. The number of benzene rings is 2. The quantitative estimate of drug-likeness (QED) is 0.295. The van der Waals surface area contributed by atoms with E-state index in [9.17, 15) is 13.2 Å². The lowest BCUT2D eigenvalue weighted by atomic mass is 10.1. The van der Waals surface area contributed by atoms with Gasteiger partial charge in [-0.05, 0) is 69.2 Å². The van der Waals surface area contributed by atoms with Crippen LogP contribution < -0.4 is 10.1 Å². The lowest BCUT2D eigenvalue weighted by Crippen LogP contribution is -2.30. The second kappa shape index (κ2) is 11.7. The molecule has 0 aliphatic heterocycles. The number of ether oxygens (including phenoxy) is 2. The maximum absolute atomic E-state index is 13.1. The third kappa shape index (κ3) is 6.67. The Labute approximate surface area is 235 Å². The number of nitrogens with zero attached hydrogens (tertiary/aromatic N) is 4. The first-order valence-corrected chi connectivity index (χ1v) is 14.3. The monoisotopic (exact) mass is 565 g/mol. The molecule has 10 nitrogen and oxygen atoms in total. The Kier molecular flexibility index (Phi) is 8.57. The number of methoxy groups -OCH3 is 1. The van der Waals surface area contributed by atoms with Gasteiger partial charge in [-0.2, -0.15) is 9.40 Å².